The third kappa shape index (κ3) is 3.14. The van der Waals surface area contributed by atoms with Gasteiger partial charge in [-0.3, -0.25) is 4.79 Å². The topological polar surface area (TPSA) is 46.5 Å². The molecule has 0 fully saturated rings. The van der Waals surface area contributed by atoms with Crippen molar-refractivity contribution in [3.05, 3.63) is 28.3 Å². The van der Waals surface area contributed by atoms with Crippen LogP contribution in [0.5, 0.6) is 5.75 Å². The molecule has 1 aromatic carbocycles. The first-order valence-corrected chi connectivity index (χ1v) is 5.53. The number of benzene rings is 1. The largest absolute Gasteiger partial charge is 0.495 e. The minimum Gasteiger partial charge on any atom is -0.495 e. The first kappa shape index (κ1) is 12.8. The van der Waals surface area contributed by atoms with Gasteiger partial charge in [-0.25, -0.2) is 0 Å². The zero-order valence-corrected chi connectivity index (χ0v) is 10.2. The Hall–Kier alpha value is -1.22. The summed E-state index contributed by atoms with van der Waals surface area (Å²) in [6.07, 6.45) is 1.38. The second-order valence-electron chi connectivity index (χ2n) is 3.52. The molecule has 1 N–H and O–H groups in total. The molecule has 16 heavy (non-hydrogen) atoms. The van der Waals surface area contributed by atoms with E-state index in [2.05, 4.69) is 0 Å². The van der Waals surface area contributed by atoms with Crippen LogP contribution in [-0.4, -0.2) is 18.2 Å². The standard InChI is InChI=1S/C12H15ClO3/c1-3-8-6-9(4-5-11(14)15)12(16-2)10(13)7-8/h6-7H,3-5H2,1-2H3,(H,14,15). The highest BCUT2D eigenvalue weighted by Crippen LogP contribution is 2.31. The number of aliphatic carboxylic acids is 1. The minimum absolute atomic E-state index is 0.0832. The number of carbonyl (C=O) groups is 1. The lowest BCUT2D eigenvalue weighted by atomic mass is 10.0. The van der Waals surface area contributed by atoms with Crippen LogP contribution < -0.4 is 4.74 Å². The highest BCUT2D eigenvalue weighted by molar-refractivity contribution is 6.32. The van der Waals surface area contributed by atoms with Crippen molar-refractivity contribution in [2.75, 3.05) is 7.11 Å². The zero-order chi connectivity index (χ0) is 12.1. The summed E-state index contributed by atoms with van der Waals surface area (Å²) in [7, 11) is 1.54. The van der Waals surface area contributed by atoms with Gasteiger partial charge in [0.15, 0.2) is 0 Å². The molecule has 88 valence electrons. The average molecular weight is 243 g/mol. The van der Waals surface area contributed by atoms with Gasteiger partial charge in [-0.1, -0.05) is 24.6 Å². The van der Waals surface area contributed by atoms with E-state index >= 15 is 0 Å². The summed E-state index contributed by atoms with van der Waals surface area (Å²) in [6, 6.07) is 3.80. The Morgan fingerprint density at radius 3 is 2.69 bits per heavy atom. The maximum Gasteiger partial charge on any atom is 0.303 e. The van der Waals surface area contributed by atoms with E-state index in [9.17, 15) is 4.79 Å². The van der Waals surface area contributed by atoms with Crippen LogP contribution in [0.25, 0.3) is 0 Å². The zero-order valence-electron chi connectivity index (χ0n) is 9.42. The van der Waals surface area contributed by atoms with E-state index in [0.29, 0.717) is 17.2 Å². The maximum atomic E-state index is 10.5. The van der Waals surface area contributed by atoms with Crippen molar-refractivity contribution in [2.24, 2.45) is 0 Å². The van der Waals surface area contributed by atoms with Crippen molar-refractivity contribution in [3.63, 3.8) is 0 Å². The summed E-state index contributed by atoms with van der Waals surface area (Å²) in [6.45, 7) is 2.03. The Morgan fingerprint density at radius 1 is 1.50 bits per heavy atom. The van der Waals surface area contributed by atoms with E-state index in [-0.39, 0.29) is 6.42 Å². The Balaban J connectivity index is 3.02. The van der Waals surface area contributed by atoms with E-state index in [0.717, 1.165) is 17.5 Å². The Labute approximate surface area is 100.0 Å². The van der Waals surface area contributed by atoms with Crippen LogP contribution in [0, 0.1) is 0 Å². The number of aryl methyl sites for hydroxylation is 2. The number of ether oxygens (including phenoxy) is 1. The van der Waals surface area contributed by atoms with Crippen LogP contribution in [0.3, 0.4) is 0 Å². The molecule has 0 unspecified atom stereocenters. The van der Waals surface area contributed by atoms with Crippen molar-refractivity contribution >= 4 is 17.6 Å². The molecular weight excluding hydrogens is 228 g/mol. The van der Waals surface area contributed by atoms with Crippen LogP contribution in [0.4, 0.5) is 0 Å². The van der Waals surface area contributed by atoms with Gasteiger partial charge in [0.1, 0.15) is 5.75 Å². The monoisotopic (exact) mass is 242 g/mol. The van der Waals surface area contributed by atoms with Gasteiger partial charge < -0.3 is 9.84 Å². The molecule has 0 bridgehead atoms. The summed E-state index contributed by atoms with van der Waals surface area (Å²) >= 11 is 6.06. The van der Waals surface area contributed by atoms with Crippen molar-refractivity contribution in [1.29, 1.82) is 0 Å². The minimum atomic E-state index is -0.819. The lowest BCUT2D eigenvalue weighted by molar-refractivity contribution is -0.136. The Morgan fingerprint density at radius 2 is 2.19 bits per heavy atom. The molecule has 0 saturated heterocycles. The second-order valence-corrected chi connectivity index (χ2v) is 3.92. The predicted octanol–water partition coefficient (Wildman–Crippen LogP) is 2.93. The van der Waals surface area contributed by atoms with Crippen LogP contribution in [0.1, 0.15) is 24.5 Å². The van der Waals surface area contributed by atoms with Crippen molar-refractivity contribution in [1.82, 2.24) is 0 Å². The first-order chi connectivity index (χ1) is 7.58. The van der Waals surface area contributed by atoms with E-state index < -0.39 is 5.97 Å². The van der Waals surface area contributed by atoms with Crippen molar-refractivity contribution in [3.8, 4) is 5.75 Å². The quantitative estimate of drug-likeness (QED) is 0.864. The van der Waals surface area contributed by atoms with Gasteiger partial charge in [-0.2, -0.15) is 0 Å². The van der Waals surface area contributed by atoms with Crippen molar-refractivity contribution in [2.45, 2.75) is 26.2 Å². The molecule has 0 radical (unpaired) electrons. The normalized spacial score (nSPS) is 10.2. The molecule has 0 heterocycles. The molecule has 0 aromatic heterocycles. The molecule has 0 atom stereocenters. The maximum absolute atomic E-state index is 10.5. The fourth-order valence-corrected chi connectivity index (χ4v) is 1.91. The molecule has 4 heteroatoms. The molecule has 0 amide bonds. The molecule has 0 aliphatic carbocycles. The highest BCUT2D eigenvalue weighted by atomic mass is 35.5. The summed E-state index contributed by atoms with van der Waals surface area (Å²) in [4.78, 5) is 10.5. The van der Waals surface area contributed by atoms with Crippen molar-refractivity contribution < 1.29 is 14.6 Å². The van der Waals surface area contributed by atoms with Gasteiger partial charge in [0.05, 0.1) is 12.1 Å². The highest BCUT2D eigenvalue weighted by Gasteiger charge is 2.11. The van der Waals surface area contributed by atoms with Gasteiger partial charge in [0.25, 0.3) is 0 Å². The molecule has 3 nitrogen and oxygen atoms in total. The number of hydrogen-bond donors (Lipinski definition) is 1. The fraction of sp³-hybridized carbons (Fsp3) is 0.417. The molecule has 1 rings (SSSR count). The molecule has 1 aromatic rings. The number of methoxy groups -OCH3 is 1. The lowest BCUT2D eigenvalue weighted by Crippen LogP contribution is -2.01. The average Bonchev–Trinajstić information content (AvgIpc) is 2.25. The summed E-state index contributed by atoms with van der Waals surface area (Å²) < 4.78 is 5.18. The predicted molar refractivity (Wildman–Crippen MR) is 63.3 cm³/mol. The number of halogens is 1. The molecule has 0 aliphatic rings. The fourth-order valence-electron chi connectivity index (χ4n) is 1.57. The smallest absolute Gasteiger partial charge is 0.303 e. The number of hydrogen-bond acceptors (Lipinski definition) is 2. The SMILES string of the molecule is CCc1cc(Cl)c(OC)c(CCC(=O)O)c1. The molecule has 0 saturated carbocycles. The van der Waals surface area contributed by atoms with E-state index in [1.807, 2.05) is 19.1 Å². The van der Waals surface area contributed by atoms with E-state index in [4.69, 9.17) is 21.4 Å². The number of carboxylic acid groups (broad SMARTS) is 1. The molecule has 0 spiro atoms. The number of carboxylic acids is 1. The molecular formula is C12H15ClO3. The Kier molecular flexibility index (Phi) is 4.62. The first-order valence-electron chi connectivity index (χ1n) is 5.15. The van der Waals surface area contributed by atoms with Gasteiger partial charge in [0.2, 0.25) is 0 Å². The summed E-state index contributed by atoms with van der Waals surface area (Å²) in [5, 5.41) is 9.20. The van der Waals surface area contributed by atoms with Crippen LogP contribution in [-0.2, 0) is 17.6 Å². The summed E-state index contributed by atoms with van der Waals surface area (Å²) in [5.41, 5.74) is 1.94. The van der Waals surface area contributed by atoms with Gasteiger partial charge in [-0.15, -0.1) is 0 Å². The lowest BCUT2D eigenvalue weighted by Gasteiger charge is -2.11. The van der Waals surface area contributed by atoms with Crippen LogP contribution in [0.15, 0.2) is 12.1 Å². The Bertz CT molecular complexity index is 388. The van der Waals surface area contributed by atoms with Gasteiger partial charge in [-0.05, 0) is 30.0 Å². The van der Waals surface area contributed by atoms with Gasteiger partial charge in [0, 0.05) is 6.42 Å². The third-order valence-electron chi connectivity index (χ3n) is 2.40. The third-order valence-corrected chi connectivity index (χ3v) is 2.68. The van der Waals surface area contributed by atoms with Gasteiger partial charge >= 0.3 is 5.97 Å². The van der Waals surface area contributed by atoms with E-state index in [1.165, 1.54) is 7.11 Å². The number of rotatable bonds is 5. The van der Waals surface area contributed by atoms with E-state index in [1.54, 1.807) is 0 Å². The molecule has 0 aliphatic heterocycles. The second kappa shape index (κ2) is 5.75. The van der Waals surface area contributed by atoms with Crippen LogP contribution >= 0.6 is 11.6 Å². The summed E-state index contributed by atoms with van der Waals surface area (Å²) in [5.74, 6) is -0.236. The van der Waals surface area contributed by atoms with Crippen LogP contribution in [0.2, 0.25) is 5.02 Å².